The van der Waals surface area contributed by atoms with Gasteiger partial charge in [0.15, 0.2) is 28.8 Å². The molecule has 0 saturated heterocycles. The van der Waals surface area contributed by atoms with Crippen LogP contribution in [0.5, 0.6) is 17.2 Å². The fourth-order valence-corrected chi connectivity index (χ4v) is 2.45. The second-order valence-corrected chi connectivity index (χ2v) is 5.83. The van der Waals surface area contributed by atoms with E-state index in [2.05, 4.69) is 10.1 Å². The van der Waals surface area contributed by atoms with E-state index in [1.165, 1.54) is 37.4 Å². The van der Waals surface area contributed by atoms with E-state index < -0.39 is 24.2 Å². The Hall–Kier alpha value is -3.69. The molecule has 0 radical (unpaired) electrons. The van der Waals surface area contributed by atoms with Gasteiger partial charge in [-0.2, -0.15) is 8.78 Å². The molecular weight excluding hydrogens is 410 g/mol. The van der Waals surface area contributed by atoms with E-state index in [1.54, 1.807) is 0 Å². The first-order chi connectivity index (χ1) is 14.4. The zero-order valence-corrected chi connectivity index (χ0v) is 15.5. The number of benzene rings is 2. The molecule has 0 saturated carbocycles. The van der Waals surface area contributed by atoms with Gasteiger partial charge in [0.25, 0.3) is 5.91 Å². The van der Waals surface area contributed by atoms with Crippen molar-refractivity contribution in [3.05, 3.63) is 71.7 Å². The average Bonchev–Trinajstić information content (AvgIpc) is 3.17. The molecule has 3 rings (SSSR count). The van der Waals surface area contributed by atoms with E-state index in [0.29, 0.717) is 6.07 Å². The minimum Gasteiger partial charge on any atom is -0.493 e. The molecule has 30 heavy (non-hydrogen) atoms. The van der Waals surface area contributed by atoms with Gasteiger partial charge in [-0.25, -0.2) is 8.78 Å². The summed E-state index contributed by atoms with van der Waals surface area (Å²) in [5.74, 6) is -2.42. The first-order valence-electron chi connectivity index (χ1n) is 8.46. The molecule has 1 amide bonds. The standard InChI is InChI=1S/C20H15F4NO5/c1-27-18-9-12(3-6-16(18)30-20(23)24)25-19(26)17-7-4-13(29-17)10-28-15-5-2-11(21)8-14(15)22/h2-9,20H,10H2,1H3,(H,25,26). The molecule has 0 aliphatic heterocycles. The SMILES string of the molecule is COc1cc(NC(=O)c2ccc(COc3ccc(F)cc3F)o2)ccc1OC(F)F. The normalized spacial score (nSPS) is 10.7. The number of ether oxygens (including phenoxy) is 3. The van der Waals surface area contributed by atoms with Crippen molar-refractivity contribution in [3.63, 3.8) is 0 Å². The van der Waals surface area contributed by atoms with Crippen LogP contribution >= 0.6 is 0 Å². The highest BCUT2D eigenvalue weighted by Crippen LogP contribution is 2.31. The molecule has 3 aromatic rings. The van der Waals surface area contributed by atoms with Gasteiger partial charge in [-0.3, -0.25) is 4.79 Å². The number of nitrogens with one attached hydrogen (secondary N) is 1. The summed E-state index contributed by atoms with van der Waals surface area (Å²) >= 11 is 0. The fourth-order valence-electron chi connectivity index (χ4n) is 2.45. The highest BCUT2D eigenvalue weighted by atomic mass is 19.3. The van der Waals surface area contributed by atoms with Gasteiger partial charge in [0.05, 0.1) is 7.11 Å². The van der Waals surface area contributed by atoms with Crippen LogP contribution in [0.2, 0.25) is 0 Å². The van der Waals surface area contributed by atoms with Gasteiger partial charge < -0.3 is 23.9 Å². The number of anilines is 1. The number of carbonyl (C=O) groups excluding carboxylic acids is 1. The molecule has 0 bridgehead atoms. The van der Waals surface area contributed by atoms with E-state index in [0.717, 1.165) is 12.1 Å². The lowest BCUT2D eigenvalue weighted by Crippen LogP contribution is -2.11. The second-order valence-electron chi connectivity index (χ2n) is 5.83. The van der Waals surface area contributed by atoms with Gasteiger partial charge in [-0.1, -0.05) is 0 Å². The number of carbonyl (C=O) groups is 1. The maximum Gasteiger partial charge on any atom is 0.387 e. The van der Waals surface area contributed by atoms with E-state index >= 15 is 0 Å². The Labute approximate surface area is 168 Å². The van der Waals surface area contributed by atoms with Crippen LogP contribution in [0.3, 0.4) is 0 Å². The number of halogens is 4. The van der Waals surface area contributed by atoms with E-state index in [9.17, 15) is 22.4 Å². The maximum atomic E-state index is 13.6. The van der Waals surface area contributed by atoms with Crippen LogP contribution in [0.1, 0.15) is 16.3 Å². The summed E-state index contributed by atoms with van der Waals surface area (Å²) in [7, 11) is 1.27. The smallest absolute Gasteiger partial charge is 0.387 e. The highest BCUT2D eigenvalue weighted by molar-refractivity contribution is 6.02. The average molecular weight is 425 g/mol. The summed E-state index contributed by atoms with van der Waals surface area (Å²) in [5, 5.41) is 2.52. The van der Waals surface area contributed by atoms with Crippen LogP contribution < -0.4 is 19.5 Å². The summed E-state index contributed by atoms with van der Waals surface area (Å²) in [6.07, 6.45) is 0. The Bertz CT molecular complexity index is 1040. The minimum absolute atomic E-state index is 0.00274. The molecule has 10 heteroatoms. The Kier molecular flexibility index (Phi) is 6.45. The number of amides is 1. The van der Waals surface area contributed by atoms with Crippen molar-refractivity contribution in [1.82, 2.24) is 0 Å². The molecule has 6 nitrogen and oxygen atoms in total. The lowest BCUT2D eigenvalue weighted by atomic mass is 10.2. The number of methoxy groups -OCH3 is 1. The zero-order chi connectivity index (χ0) is 21.7. The van der Waals surface area contributed by atoms with Gasteiger partial charge in [-0.05, 0) is 36.4 Å². The first kappa shape index (κ1) is 21.0. The van der Waals surface area contributed by atoms with Crippen molar-refractivity contribution in [2.45, 2.75) is 13.2 Å². The number of furan rings is 1. The number of hydrogen-bond donors (Lipinski definition) is 1. The first-order valence-corrected chi connectivity index (χ1v) is 8.46. The van der Waals surface area contributed by atoms with Crippen molar-refractivity contribution >= 4 is 11.6 Å². The van der Waals surface area contributed by atoms with Crippen LogP contribution in [-0.4, -0.2) is 19.6 Å². The van der Waals surface area contributed by atoms with E-state index in [-0.39, 0.29) is 41.1 Å². The molecule has 0 unspecified atom stereocenters. The number of rotatable bonds is 8. The van der Waals surface area contributed by atoms with Crippen LogP contribution in [-0.2, 0) is 6.61 Å². The topological polar surface area (TPSA) is 69.9 Å². The Morgan fingerprint density at radius 2 is 1.80 bits per heavy atom. The highest BCUT2D eigenvalue weighted by Gasteiger charge is 2.15. The summed E-state index contributed by atoms with van der Waals surface area (Å²) in [6, 6.07) is 9.57. The number of hydrogen-bond acceptors (Lipinski definition) is 5. The molecule has 1 N–H and O–H groups in total. The van der Waals surface area contributed by atoms with E-state index in [1.807, 2.05) is 0 Å². The lowest BCUT2D eigenvalue weighted by molar-refractivity contribution is -0.0512. The third kappa shape index (κ3) is 5.22. The van der Waals surface area contributed by atoms with E-state index in [4.69, 9.17) is 13.9 Å². The molecule has 0 fully saturated rings. The van der Waals surface area contributed by atoms with Crippen molar-refractivity contribution in [2.75, 3.05) is 12.4 Å². The van der Waals surface area contributed by atoms with Crippen molar-refractivity contribution < 1.29 is 41.0 Å². The molecule has 1 aromatic heterocycles. The fraction of sp³-hybridized carbons (Fsp3) is 0.150. The quantitative estimate of drug-likeness (QED) is 0.515. The molecule has 0 aliphatic carbocycles. The maximum absolute atomic E-state index is 13.6. The van der Waals surface area contributed by atoms with Crippen molar-refractivity contribution in [3.8, 4) is 17.2 Å². The van der Waals surface area contributed by atoms with Crippen molar-refractivity contribution in [1.29, 1.82) is 0 Å². The third-order valence-electron chi connectivity index (χ3n) is 3.79. The van der Waals surface area contributed by atoms with Gasteiger partial charge in [0.1, 0.15) is 18.2 Å². The summed E-state index contributed by atoms with van der Waals surface area (Å²) < 4.78 is 71.0. The Morgan fingerprint density at radius 1 is 1.03 bits per heavy atom. The predicted molar refractivity (Wildman–Crippen MR) is 97.0 cm³/mol. The zero-order valence-electron chi connectivity index (χ0n) is 15.5. The summed E-state index contributed by atoms with van der Waals surface area (Å²) in [5.41, 5.74) is 0.251. The summed E-state index contributed by atoms with van der Waals surface area (Å²) in [4.78, 5) is 12.3. The molecule has 0 atom stereocenters. The van der Waals surface area contributed by atoms with Crippen LogP contribution in [0, 0.1) is 11.6 Å². The van der Waals surface area contributed by atoms with Crippen LogP contribution in [0.15, 0.2) is 52.9 Å². The molecule has 1 heterocycles. The molecule has 158 valence electrons. The predicted octanol–water partition coefficient (Wildman–Crippen LogP) is 5.00. The Balaban J connectivity index is 1.63. The minimum atomic E-state index is -3.02. The van der Waals surface area contributed by atoms with Gasteiger partial charge in [-0.15, -0.1) is 0 Å². The van der Waals surface area contributed by atoms with Gasteiger partial charge in [0, 0.05) is 17.8 Å². The summed E-state index contributed by atoms with van der Waals surface area (Å²) in [6.45, 7) is -3.21. The van der Waals surface area contributed by atoms with Gasteiger partial charge >= 0.3 is 6.61 Å². The van der Waals surface area contributed by atoms with Crippen molar-refractivity contribution in [2.24, 2.45) is 0 Å². The molecule has 0 aliphatic rings. The third-order valence-corrected chi connectivity index (χ3v) is 3.79. The largest absolute Gasteiger partial charge is 0.493 e. The Morgan fingerprint density at radius 3 is 2.50 bits per heavy atom. The monoisotopic (exact) mass is 425 g/mol. The second kappa shape index (κ2) is 9.21. The molecule has 0 spiro atoms. The van der Waals surface area contributed by atoms with Crippen LogP contribution in [0.4, 0.5) is 23.2 Å². The molecule has 2 aromatic carbocycles. The lowest BCUT2D eigenvalue weighted by Gasteiger charge is -2.11. The van der Waals surface area contributed by atoms with Gasteiger partial charge in [0.2, 0.25) is 0 Å². The van der Waals surface area contributed by atoms with Crippen LogP contribution in [0.25, 0.3) is 0 Å². The number of alkyl halides is 2. The molecular formula is C20H15F4NO5.